The first-order valence-corrected chi connectivity index (χ1v) is 7.10. The van der Waals surface area contributed by atoms with E-state index in [1.165, 1.54) is 12.1 Å². The number of aromatic nitrogens is 3. The smallest absolute Gasteiger partial charge is 0.228 e. The Labute approximate surface area is 132 Å². The van der Waals surface area contributed by atoms with Crippen molar-refractivity contribution in [3.63, 3.8) is 0 Å². The predicted octanol–water partition coefficient (Wildman–Crippen LogP) is 2.80. The highest BCUT2D eigenvalue weighted by atomic mass is 19.1. The van der Waals surface area contributed by atoms with Crippen LogP contribution in [0.3, 0.4) is 0 Å². The lowest BCUT2D eigenvalue weighted by Crippen LogP contribution is -2.14. The summed E-state index contributed by atoms with van der Waals surface area (Å²) in [6, 6.07) is 13.3. The maximum atomic E-state index is 12.8. The lowest BCUT2D eigenvalue weighted by atomic mass is 10.1. The van der Waals surface area contributed by atoms with Crippen LogP contribution in [0.15, 0.2) is 54.9 Å². The summed E-state index contributed by atoms with van der Waals surface area (Å²) in [7, 11) is 1.87. The standard InChI is InChI=1S/C17H15FN4O/c1-22-11-19-21-17(22)13-4-8-15(9-5-13)20-16(23)10-12-2-6-14(18)7-3-12/h2-9,11H,10H2,1H3,(H,20,23). The Morgan fingerprint density at radius 1 is 1.13 bits per heavy atom. The number of hydrogen-bond donors (Lipinski definition) is 1. The van der Waals surface area contributed by atoms with Gasteiger partial charge in [0.05, 0.1) is 6.42 Å². The van der Waals surface area contributed by atoms with Crippen LogP contribution in [0.4, 0.5) is 10.1 Å². The third-order valence-corrected chi connectivity index (χ3v) is 3.42. The van der Waals surface area contributed by atoms with Gasteiger partial charge in [-0.3, -0.25) is 4.79 Å². The molecule has 0 aliphatic carbocycles. The van der Waals surface area contributed by atoms with Gasteiger partial charge in [0, 0.05) is 18.3 Å². The monoisotopic (exact) mass is 310 g/mol. The molecule has 23 heavy (non-hydrogen) atoms. The summed E-state index contributed by atoms with van der Waals surface area (Å²) in [4.78, 5) is 12.0. The third kappa shape index (κ3) is 3.60. The van der Waals surface area contributed by atoms with Gasteiger partial charge in [0.25, 0.3) is 0 Å². The second kappa shape index (κ2) is 6.39. The van der Waals surface area contributed by atoms with Gasteiger partial charge in [-0.15, -0.1) is 10.2 Å². The third-order valence-electron chi connectivity index (χ3n) is 3.42. The number of nitrogens with one attached hydrogen (secondary N) is 1. The van der Waals surface area contributed by atoms with Crippen molar-refractivity contribution in [2.75, 3.05) is 5.32 Å². The highest BCUT2D eigenvalue weighted by molar-refractivity contribution is 5.92. The van der Waals surface area contributed by atoms with E-state index in [0.29, 0.717) is 5.69 Å². The minimum absolute atomic E-state index is 0.150. The highest BCUT2D eigenvalue weighted by Gasteiger charge is 2.07. The van der Waals surface area contributed by atoms with Crippen molar-refractivity contribution >= 4 is 11.6 Å². The number of carbonyl (C=O) groups excluding carboxylic acids is 1. The molecule has 5 nitrogen and oxygen atoms in total. The quantitative estimate of drug-likeness (QED) is 0.806. The Hall–Kier alpha value is -3.02. The molecule has 0 radical (unpaired) electrons. The Kier molecular flexibility index (Phi) is 4.14. The molecule has 1 N–H and O–H groups in total. The molecule has 0 atom stereocenters. The first-order valence-electron chi connectivity index (χ1n) is 7.10. The van der Waals surface area contributed by atoms with E-state index in [1.54, 1.807) is 18.5 Å². The van der Waals surface area contributed by atoms with Gasteiger partial charge in [-0.05, 0) is 42.0 Å². The van der Waals surface area contributed by atoms with Gasteiger partial charge in [-0.25, -0.2) is 4.39 Å². The van der Waals surface area contributed by atoms with E-state index < -0.39 is 0 Å². The maximum Gasteiger partial charge on any atom is 0.228 e. The van der Waals surface area contributed by atoms with Crippen LogP contribution < -0.4 is 5.32 Å². The van der Waals surface area contributed by atoms with Gasteiger partial charge in [0.15, 0.2) is 5.82 Å². The fourth-order valence-electron chi connectivity index (χ4n) is 2.24. The van der Waals surface area contributed by atoms with E-state index in [4.69, 9.17) is 0 Å². The van der Waals surface area contributed by atoms with Gasteiger partial charge in [-0.2, -0.15) is 0 Å². The largest absolute Gasteiger partial charge is 0.326 e. The lowest BCUT2D eigenvalue weighted by molar-refractivity contribution is -0.115. The Morgan fingerprint density at radius 2 is 1.83 bits per heavy atom. The Bertz CT molecular complexity index is 809. The van der Waals surface area contributed by atoms with Crippen LogP contribution in [0.1, 0.15) is 5.56 Å². The average molecular weight is 310 g/mol. The molecular weight excluding hydrogens is 295 g/mol. The minimum Gasteiger partial charge on any atom is -0.326 e. The van der Waals surface area contributed by atoms with Crippen LogP contribution in [0, 0.1) is 5.82 Å². The summed E-state index contributed by atoms with van der Waals surface area (Å²) in [5, 5.41) is 10.7. The van der Waals surface area contributed by atoms with Crippen LogP contribution in [0.25, 0.3) is 11.4 Å². The number of rotatable bonds is 4. The molecule has 0 saturated carbocycles. The second-order valence-corrected chi connectivity index (χ2v) is 5.19. The van der Waals surface area contributed by atoms with Crippen LogP contribution in [0.5, 0.6) is 0 Å². The number of amides is 1. The van der Waals surface area contributed by atoms with Crippen molar-refractivity contribution in [1.82, 2.24) is 14.8 Å². The summed E-state index contributed by atoms with van der Waals surface area (Å²) in [6.07, 6.45) is 1.83. The molecule has 1 heterocycles. The molecule has 3 rings (SSSR count). The van der Waals surface area contributed by atoms with Crippen molar-refractivity contribution < 1.29 is 9.18 Å². The van der Waals surface area contributed by atoms with E-state index in [9.17, 15) is 9.18 Å². The topological polar surface area (TPSA) is 59.8 Å². The number of anilines is 1. The molecule has 0 aliphatic heterocycles. The molecule has 116 valence electrons. The summed E-state index contributed by atoms with van der Waals surface area (Å²) in [5.41, 5.74) is 2.38. The Balaban J connectivity index is 1.65. The van der Waals surface area contributed by atoms with E-state index in [0.717, 1.165) is 17.0 Å². The molecule has 0 bridgehead atoms. The average Bonchev–Trinajstić information content (AvgIpc) is 2.96. The van der Waals surface area contributed by atoms with Crippen LogP contribution in [0.2, 0.25) is 0 Å². The number of hydrogen-bond acceptors (Lipinski definition) is 3. The molecule has 0 spiro atoms. The molecule has 6 heteroatoms. The fraction of sp³-hybridized carbons (Fsp3) is 0.118. The van der Waals surface area contributed by atoms with Gasteiger partial charge in [0.2, 0.25) is 5.91 Å². The molecule has 0 unspecified atom stereocenters. The van der Waals surface area contributed by atoms with E-state index >= 15 is 0 Å². The molecule has 0 fully saturated rings. The summed E-state index contributed by atoms with van der Waals surface area (Å²) in [6.45, 7) is 0. The fourth-order valence-corrected chi connectivity index (χ4v) is 2.24. The number of halogens is 1. The first kappa shape index (κ1) is 14.9. The molecular formula is C17H15FN4O. The second-order valence-electron chi connectivity index (χ2n) is 5.19. The van der Waals surface area contributed by atoms with E-state index in [1.807, 2.05) is 35.9 Å². The van der Waals surface area contributed by atoms with Crippen molar-refractivity contribution in [2.45, 2.75) is 6.42 Å². The van der Waals surface area contributed by atoms with Gasteiger partial charge in [0.1, 0.15) is 12.1 Å². The van der Waals surface area contributed by atoms with Crippen molar-refractivity contribution in [2.24, 2.45) is 7.05 Å². The zero-order valence-corrected chi connectivity index (χ0v) is 12.5. The van der Waals surface area contributed by atoms with Crippen molar-refractivity contribution in [1.29, 1.82) is 0 Å². The van der Waals surface area contributed by atoms with Crippen LogP contribution in [-0.2, 0) is 18.3 Å². The number of carbonyl (C=O) groups is 1. The van der Waals surface area contributed by atoms with Gasteiger partial charge in [-0.1, -0.05) is 12.1 Å². The number of aryl methyl sites for hydroxylation is 1. The van der Waals surface area contributed by atoms with Crippen LogP contribution in [-0.4, -0.2) is 20.7 Å². The van der Waals surface area contributed by atoms with Crippen LogP contribution >= 0.6 is 0 Å². The molecule has 1 aromatic heterocycles. The van der Waals surface area contributed by atoms with Crippen molar-refractivity contribution in [3.05, 3.63) is 66.2 Å². The molecule has 0 aliphatic rings. The zero-order chi connectivity index (χ0) is 16.2. The minimum atomic E-state index is -0.312. The zero-order valence-electron chi connectivity index (χ0n) is 12.5. The highest BCUT2D eigenvalue weighted by Crippen LogP contribution is 2.18. The van der Waals surface area contributed by atoms with Gasteiger partial charge < -0.3 is 9.88 Å². The molecule has 0 saturated heterocycles. The molecule has 1 amide bonds. The molecule has 2 aromatic carbocycles. The summed E-state index contributed by atoms with van der Waals surface area (Å²) >= 11 is 0. The SMILES string of the molecule is Cn1cnnc1-c1ccc(NC(=O)Cc2ccc(F)cc2)cc1. The first-order chi connectivity index (χ1) is 11.1. The number of nitrogens with zero attached hydrogens (tertiary/aromatic N) is 3. The summed E-state index contributed by atoms with van der Waals surface area (Å²) in [5.74, 6) is 0.297. The normalized spacial score (nSPS) is 10.5. The Morgan fingerprint density at radius 3 is 2.43 bits per heavy atom. The van der Waals surface area contributed by atoms with Crippen molar-refractivity contribution in [3.8, 4) is 11.4 Å². The van der Waals surface area contributed by atoms with Gasteiger partial charge >= 0.3 is 0 Å². The predicted molar refractivity (Wildman–Crippen MR) is 85.2 cm³/mol. The number of benzene rings is 2. The summed E-state index contributed by atoms with van der Waals surface area (Å²) < 4.78 is 14.7. The van der Waals surface area contributed by atoms with E-state index in [2.05, 4.69) is 15.5 Å². The maximum absolute atomic E-state index is 12.8. The lowest BCUT2D eigenvalue weighted by Gasteiger charge is -2.07. The van der Waals surface area contributed by atoms with E-state index in [-0.39, 0.29) is 18.1 Å². The molecule has 3 aromatic rings.